The summed E-state index contributed by atoms with van der Waals surface area (Å²) < 4.78 is 33.9. The van der Waals surface area contributed by atoms with Crippen LogP contribution in [0.4, 0.5) is 17.1 Å². The van der Waals surface area contributed by atoms with Gasteiger partial charge in [-0.2, -0.15) is 10.5 Å². The Kier molecular flexibility index (Phi) is 90.8. The van der Waals surface area contributed by atoms with Crippen molar-refractivity contribution >= 4 is 309 Å². The van der Waals surface area contributed by atoms with E-state index in [1.54, 1.807) is 43.5 Å². The van der Waals surface area contributed by atoms with E-state index in [9.17, 15) is 53.4 Å². The number of halogens is 12. The summed E-state index contributed by atoms with van der Waals surface area (Å²) in [6.45, 7) is 14.7. The van der Waals surface area contributed by atoms with Crippen LogP contribution in [0.15, 0.2) is 153 Å². The molecular formula is C81H81Br9Cl2IK4N7O31. The second-order valence-electron chi connectivity index (χ2n) is 23.2. The molecule has 0 radical (unpaired) electrons. The van der Waals surface area contributed by atoms with Gasteiger partial charge in [0.05, 0.1) is 87.0 Å². The van der Waals surface area contributed by atoms with Crippen LogP contribution in [-0.2, 0) is 43.3 Å². The molecule has 0 aliphatic heterocycles. The van der Waals surface area contributed by atoms with E-state index in [0.717, 1.165) is 32.8 Å². The number of methoxy groups -OCH3 is 1. The van der Waals surface area contributed by atoms with Crippen LogP contribution in [0.5, 0.6) is 57.5 Å². The van der Waals surface area contributed by atoms with Gasteiger partial charge in [-0.15, -0.1) is 24.0 Å². The number of esters is 3. The normalized spacial score (nSPS) is 8.93. The summed E-state index contributed by atoms with van der Waals surface area (Å²) >= 11 is 35.1. The van der Waals surface area contributed by atoms with Crippen LogP contribution in [0.1, 0.15) is 137 Å². The number of hydrogen-bond acceptors (Lipinski definition) is 38. The molecule has 8 aromatic carbocycles. The van der Waals surface area contributed by atoms with Crippen LogP contribution in [0.2, 0.25) is 0 Å². The van der Waals surface area contributed by atoms with E-state index >= 15 is 0 Å². The van der Waals surface area contributed by atoms with Crippen molar-refractivity contribution in [2.75, 3.05) is 35.1 Å². The number of benzene rings is 8. The smallest absolute Gasteiger partial charge is 1.00 e. The molecule has 0 aliphatic rings. The number of ketones is 4. The van der Waals surface area contributed by atoms with Crippen LogP contribution < -0.4 is 249 Å². The van der Waals surface area contributed by atoms with Crippen molar-refractivity contribution in [3.8, 4) is 69.6 Å². The van der Waals surface area contributed by atoms with Crippen LogP contribution >= 0.6 is 186 Å². The van der Waals surface area contributed by atoms with Gasteiger partial charge in [-0.1, -0.05) is 45.9 Å². The monoisotopic (exact) mass is 2710 g/mol. The van der Waals surface area contributed by atoms with Crippen molar-refractivity contribution in [2.24, 2.45) is 11.1 Å². The average Bonchev–Trinajstić information content (AvgIpc) is 1.64. The quantitative estimate of drug-likeness (QED) is 0.00516. The van der Waals surface area contributed by atoms with Gasteiger partial charge in [0.25, 0.3) is 12.9 Å². The summed E-state index contributed by atoms with van der Waals surface area (Å²) in [5.41, 5.74) is 24.1. The maximum atomic E-state index is 11.3. The Morgan fingerprint density at radius 1 is 0.474 bits per heavy atom. The summed E-state index contributed by atoms with van der Waals surface area (Å²) in [5.74, 6) is 2.61. The molecule has 0 aliphatic carbocycles. The molecule has 0 spiro atoms. The Morgan fingerprint density at radius 3 is 1.11 bits per heavy atom. The molecule has 135 heavy (non-hydrogen) atoms. The third-order valence-corrected chi connectivity index (χ3v) is 20.9. The number of Topliss-reactive ketones (excluding diaryl/α,β-unsaturated/α-hetero) is 4. The van der Waals surface area contributed by atoms with E-state index in [2.05, 4.69) is 188 Å². The number of furan rings is 3. The second kappa shape index (κ2) is 82.4. The minimum Gasteiger partial charge on any atom is -1.00 e. The molecule has 0 amide bonds. The Hall–Kier alpha value is -3.98. The number of fused-ring (bicyclic) bond motifs is 3. The summed E-state index contributed by atoms with van der Waals surface area (Å²) in [4.78, 5) is 119. The van der Waals surface area contributed by atoms with Crippen molar-refractivity contribution in [3.05, 3.63) is 196 Å². The standard InChI is InChI=1S/C11H10BrNO3.C11H10BrNO2.C10H8BrNO3.C10H8BrNO2.C8H6BrNO.C7H6BrNO3.C7H5BrO3.C7H6O3.C4H6O3.C3H5ClO.CH3I.2CH2O3.Br2.ClH.4K.H3NO.2H/c1-5(14)11-10(13)8-6(16-11)3-4-7(15-2)9(8)12;1-5-3-4-7-8(9(5)12)10(13)11(15-7)6(2)14;1-4(13)10-9(12)7-6(15-10)3-2-5(14)8(7)11;1-6-3-4-9(14-7(2)13)8(5-12)10(6)11;1-5-2-3-7(11)6(4-10)8(5)9;8-7-4(3-9-12)5(10)1-2-6(7)11;8-7-4(3-9)5(10)1-2-6(7)11;8-4-5-3-6(9)1-2-7(5)10;1-3(5)7-4(2)6;1-3(5)2-4;1-2;2*2-1-4-3;1-2;;;;;;1-2;;/h3-4H,13H2,1-2H3;3-4H,13H2,1-2H3;2-3,14H,12H2,1H3;3-4H,1-2H3;2-3,11H,1H3;1-3,10-12H;1-3,10-11H;1-4,9-10H;1-2H3;2H2,1H3;1H3;2*1,3H;;1H;;;;;2H,1H2;;/q;;;;;;;;;;;;;;;4*+1;;2*-1/p-2/b;;;;;9-3+;;;;;;;;;;;;;;;;. The molecule has 714 valence electrons. The zero-order valence-corrected chi connectivity index (χ0v) is 104. The van der Waals surface area contributed by atoms with Gasteiger partial charge in [0.1, 0.15) is 103 Å². The van der Waals surface area contributed by atoms with Gasteiger partial charge in [-0.25, -0.2) is 5.90 Å². The number of nitrogens with zero attached hydrogens (tertiary/aromatic N) is 3. The number of rotatable bonds is 11. The number of aldehydes is 2. The number of nitriles is 2. The van der Waals surface area contributed by atoms with Crippen molar-refractivity contribution < 1.29 is 360 Å². The van der Waals surface area contributed by atoms with Gasteiger partial charge < -0.3 is 119 Å². The first-order chi connectivity index (χ1) is 61.1. The van der Waals surface area contributed by atoms with E-state index in [0.29, 0.717) is 90.7 Å². The number of nitrogen functional groups attached to an aromatic ring is 3. The number of anilines is 3. The molecule has 18 N–H and O–H groups in total. The van der Waals surface area contributed by atoms with Crippen LogP contribution in [0.3, 0.4) is 0 Å². The maximum absolute atomic E-state index is 11.3. The number of phenols is 8. The van der Waals surface area contributed by atoms with Crippen molar-refractivity contribution in [1.29, 1.82) is 10.5 Å². The van der Waals surface area contributed by atoms with Gasteiger partial charge in [-0.3, -0.25) is 52.7 Å². The minimum absolute atomic E-state index is 0. The molecule has 38 nitrogen and oxygen atoms in total. The van der Waals surface area contributed by atoms with Gasteiger partial charge in [0, 0.05) is 83.2 Å². The van der Waals surface area contributed by atoms with Crippen LogP contribution in [-0.4, -0.2) is 142 Å². The molecule has 3 aromatic heterocycles. The van der Waals surface area contributed by atoms with Crippen molar-refractivity contribution in [3.63, 3.8) is 0 Å². The summed E-state index contributed by atoms with van der Waals surface area (Å²) in [6, 6.07) is 29.7. The molecule has 0 saturated heterocycles. The number of ether oxygens (including phenoxy) is 3. The number of carbonyl (C=O) groups excluding carboxylic acids is 11. The number of alkyl halides is 2. The van der Waals surface area contributed by atoms with E-state index in [1.807, 2.05) is 50.0 Å². The number of nitrogens with two attached hydrogens (primary N) is 4. The van der Waals surface area contributed by atoms with Crippen LogP contribution in [0.25, 0.3) is 32.9 Å². The van der Waals surface area contributed by atoms with E-state index in [-0.39, 0.29) is 359 Å². The zero-order valence-electron chi connectivity index (χ0n) is 75.7. The zero-order chi connectivity index (χ0) is 101. The van der Waals surface area contributed by atoms with Gasteiger partial charge in [0.2, 0.25) is 0 Å². The third-order valence-electron chi connectivity index (χ3n) is 14.2. The molecule has 3 heterocycles. The fourth-order valence-corrected chi connectivity index (χ4v) is 12.1. The van der Waals surface area contributed by atoms with Crippen LogP contribution in [0, 0.1) is 43.4 Å². The number of phenolic OH excluding ortho intramolecular Hbond substituents is 8. The summed E-state index contributed by atoms with van der Waals surface area (Å²) in [7, 11) is 1.56. The van der Waals surface area contributed by atoms with E-state index < -0.39 is 17.9 Å². The SMILES string of the molecule is BrBr.CC(=O)CCl.CC(=O)OC(C)=O.CC(=O)Oc1ccc(C)c(Br)c1C#N.CC(=O)c1oc2ccc(C)c(Br)c2c1N.CC(=O)c1oc2ccc(O)c(Br)c2c1N.CI.COc1ccc2oc(C(C)=O)c(N)c2c1Br.Cc1ccc(O)c(C#N)c1Br.Cl.NO.O/N=C/c1c(O)ccc(O)c1Br.O=CO[O-].O=CO[O-].O=Cc1c(O)ccc(O)c1Br.O=Cc1cc(O)ccc1O.[H-].[H-].[K+].[K+].[K+].[K+]. The summed E-state index contributed by atoms with van der Waals surface area (Å²) in [6.07, 6.45) is 1.98. The number of aryl methyl sites for hydroxylation is 3. The van der Waals surface area contributed by atoms with Gasteiger partial charge in [0.15, 0.2) is 47.2 Å². The average molecular weight is 2720 g/mol. The molecule has 0 unspecified atom stereocenters. The van der Waals surface area contributed by atoms with Gasteiger partial charge >= 0.3 is 223 Å². The van der Waals surface area contributed by atoms with Crippen molar-refractivity contribution in [2.45, 2.75) is 69.2 Å². The summed E-state index contributed by atoms with van der Waals surface area (Å²) in [5, 5.41) is 126. The molecular weight excluding hydrogens is 2640 g/mol. The molecule has 11 aromatic rings. The van der Waals surface area contributed by atoms with E-state index in [1.165, 1.54) is 103 Å². The first-order valence-corrected chi connectivity index (χ1v) is 46.0. The number of oxime groups is 1. The predicted molar refractivity (Wildman–Crippen MR) is 524 cm³/mol. The second-order valence-corrected chi connectivity index (χ2v) is 29.0. The van der Waals surface area contributed by atoms with E-state index in [4.69, 9.17) is 123 Å². The molecule has 0 bridgehead atoms. The largest absolute Gasteiger partial charge is 1.00 e. The molecule has 0 fully saturated rings. The first kappa shape index (κ1) is 149. The fraction of sp³-hybridized carbons (Fsp3) is 0.160. The molecule has 0 saturated carbocycles. The fourth-order valence-electron chi connectivity index (χ4n) is 8.59. The minimum atomic E-state index is -0.562. The molecule has 11 rings (SSSR count). The topological polar surface area (TPSA) is 686 Å². The Labute approximate surface area is 1040 Å². The Morgan fingerprint density at radius 2 is 0.785 bits per heavy atom. The number of aromatic hydroxyl groups is 8. The van der Waals surface area contributed by atoms with Gasteiger partial charge in [-0.05, 0) is 246 Å². The predicted octanol–water partition coefficient (Wildman–Crippen LogP) is 6.62. The number of carbonyl (C=O) groups is 11. The Bertz CT molecular complexity index is 5730. The number of hydrogen-bond donors (Lipinski definition) is 14. The molecule has 54 heteroatoms. The molecule has 0 atom stereocenters. The third kappa shape index (κ3) is 52.7. The first-order valence-electron chi connectivity index (χ1n) is 34.1. The maximum Gasteiger partial charge on any atom is 1.00 e. The Balaban J connectivity index is -0.000000141. The van der Waals surface area contributed by atoms with Crippen molar-refractivity contribution in [1.82, 2.24) is 0 Å².